The summed E-state index contributed by atoms with van der Waals surface area (Å²) in [5.74, 6) is -1.20. The fourth-order valence-electron chi connectivity index (χ4n) is 1.34. The minimum atomic E-state index is -3.66. The van der Waals surface area contributed by atoms with Crippen LogP contribution in [0.25, 0.3) is 0 Å². The highest BCUT2D eigenvalue weighted by molar-refractivity contribution is 7.89. The van der Waals surface area contributed by atoms with E-state index in [9.17, 15) is 13.2 Å². The number of carbonyl (C=O) groups is 1. The Hall–Kier alpha value is -1.60. The molecule has 94 valence electrons. The summed E-state index contributed by atoms with van der Waals surface area (Å²) in [6.07, 6.45) is 2.65. The van der Waals surface area contributed by atoms with Gasteiger partial charge in [0.05, 0.1) is 0 Å². The van der Waals surface area contributed by atoms with Gasteiger partial charge >= 0.3 is 5.97 Å². The lowest BCUT2D eigenvalue weighted by atomic mass is 10.4. The second-order valence-corrected chi connectivity index (χ2v) is 5.24. The molecule has 0 saturated carbocycles. The summed E-state index contributed by atoms with van der Waals surface area (Å²) in [7, 11) is -3.66. The van der Waals surface area contributed by atoms with Crippen molar-refractivity contribution in [2.24, 2.45) is 0 Å². The maximum atomic E-state index is 12.1. The molecule has 0 bridgehead atoms. The molecule has 0 aliphatic rings. The molecule has 0 radical (unpaired) electrons. The Kier molecular flexibility index (Phi) is 4.08. The van der Waals surface area contributed by atoms with Gasteiger partial charge in [-0.1, -0.05) is 13.0 Å². The van der Waals surface area contributed by atoms with Crippen LogP contribution < -0.4 is 0 Å². The van der Waals surface area contributed by atoms with E-state index in [-0.39, 0.29) is 17.1 Å². The Morgan fingerprint density at radius 3 is 2.71 bits per heavy atom. The molecule has 1 aromatic rings. The zero-order chi connectivity index (χ0) is 13.1. The summed E-state index contributed by atoms with van der Waals surface area (Å²) in [5, 5.41) is 8.71. The van der Waals surface area contributed by atoms with Gasteiger partial charge in [-0.25, -0.2) is 13.2 Å². The van der Waals surface area contributed by atoms with Crippen molar-refractivity contribution in [3.05, 3.63) is 30.6 Å². The molecule has 0 unspecified atom stereocenters. The Morgan fingerprint density at radius 2 is 2.29 bits per heavy atom. The number of carboxylic acid groups (broad SMARTS) is 1. The van der Waals surface area contributed by atoms with Gasteiger partial charge in [-0.15, -0.1) is 6.58 Å². The maximum absolute atomic E-state index is 12.1. The first kappa shape index (κ1) is 13.5. The molecule has 6 nitrogen and oxygen atoms in total. The van der Waals surface area contributed by atoms with Crippen LogP contribution in [-0.4, -0.2) is 41.9 Å². The first-order chi connectivity index (χ1) is 7.93. The van der Waals surface area contributed by atoms with E-state index in [0.717, 1.165) is 6.07 Å². The fraction of sp³-hybridized carbons (Fsp3) is 0.300. The van der Waals surface area contributed by atoms with Gasteiger partial charge in [0.25, 0.3) is 0 Å². The molecule has 0 fully saturated rings. The van der Waals surface area contributed by atoms with Crippen LogP contribution in [0.1, 0.15) is 17.4 Å². The minimum Gasteiger partial charge on any atom is -0.477 e. The van der Waals surface area contributed by atoms with Gasteiger partial charge in [-0.2, -0.15) is 4.31 Å². The Balaban J connectivity index is 3.11. The molecule has 0 saturated heterocycles. The first-order valence-corrected chi connectivity index (χ1v) is 6.40. The summed E-state index contributed by atoms with van der Waals surface area (Å²) < 4.78 is 25.3. The monoisotopic (exact) mass is 258 g/mol. The van der Waals surface area contributed by atoms with Crippen LogP contribution in [0.15, 0.2) is 29.8 Å². The number of carboxylic acids is 1. The summed E-state index contributed by atoms with van der Waals surface area (Å²) in [5.41, 5.74) is -0.154. The second kappa shape index (κ2) is 5.15. The molecule has 0 amide bonds. The highest BCUT2D eigenvalue weighted by atomic mass is 32.2. The third-order valence-electron chi connectivity index (χ3n) is 2.21. The van der Waals surface area contributed by atoms with Crippen LogP contribution in [-0.2, 0) is 10.0 Å². The molecule has 1 rings (SSSR count). The van der Waals surface area contributed by atoms with E-state index < -0.39 is 16.0 Å². The van der Waals surface area contributed by atoms with E-state index in [2.05, 4.69) is 11.6 Å². The van der Waals surface area contributed by atoms with Crippen LogP contribution in [0.4, 0.5) is 0 Å². The van der Waals surface area contributed by atoms with Crippen molar-refractivity contribution in [1.82, 2.24) is 9.29 Å². The van der Waals surface area contributed by atoms with Gasteiger partial charge in [-0.3, -0.25) is 0 Å². The first-order valence-electron chi connectivity index (χ1n) is 4.96. The SMILES string of the molecule is C=CCN(CC)S(=O)(=O)c1c[nH]c(C(=O)O)c1. The highest BCUT2D eigenvalue weighted by Crippen LogP contribution is 2.16. The number of hydrogen-bond donors (Lipinski definition) is 2. The van der Waals surface area contributed by atoms with E-state index >= 15 is 0 Å². The lowest BCUT2D eigenvalue weighted by molar-refractivity contribution is 0.0691. The molecule has 1 heterocycles. The number of likely N-dealkylation sites (N-methyl/N-ethyl adjacent to an activating group) is 1. The molecule has 0 aliphatic heterocycles. The number of nitrogens with zero attached hydrogens (tertiary/aromatic N) is 1. The summed E-state index contributed by atoms with van der Waals surface area (Å²) >= 11 is 0. The van der Waals surface area contributed by atoms with Gasteiger partial charge in [0.2, 0.25) is 10.0 Å². The minimum absolute atomic E-state index is 0.0569. The maximum Gasteiger partial charge on any atom is 0.352 e. The van der Waals surface area contributed by atoms with E-state index in [1.54, 1.807) is 6.92 Å². The Morgan fingerprint density at radius 1 is 1.65 bits per heavy atom. The molecule has 0 aliphatic carbocycles. The zero-order valence-corrected chi connectivity index (χ0v) is 10.2. The molecular weight excluding hydrogens is 244 g/mol. The van der Waals surface area contributed by atoms with Crippen molar-refractivity contribution in [2.75, 3.05) is 13.1 Å². The van der Waals surface area contributed by atoms with Crippen molar-refractivity contribution in [3.8, 4) is 0 Å². The van der Waals surface area contributed by atoms with Gasteiger partial charge in [0.15, 0.2) is 0 Å². The van der Waals surface area contributed by atoms with Crippen molar-refractivity contribution < 1.29 is 18.3 Å². The van der Waals surface area contributed by atoms with E-state index in [4.69, 9.17) is 5.11 Å². The Bertz CT molecular complexity index is 518. The quantitative estimate of drug-likeness (QED) is 0.742. The number of nitrogens with one attached hydrogen (secondary N) is 1. The average Bonchev–Trinajstić information content (AvgIpc) is 2.75. The number of aromatic carboxylic acids is 1. The van der Waals surface area contributed by atoms with Crippen molar-refractivity contribution in [3.63, 3.8) is 0 Å². The molecule has 7 heteroatoms. The molecule has 17 heavy (non-hydrogen) atoms. The number of rotatable bonds is 6. The van der Waals surface area contributed by atoms with E-state index in [1.807, 2.05) is 0 Å². The molecule has 0 spiro atoms. The topological polar surface area (TPSA) is 90.5 Å². The number of hydrogen-bond acceptors (Lipinski definition) is 3. The van der Waals surface area contributed by atoms with Crippen LogP contribution >= 0.6 is 0 Å². The third-order valence-corrected chi connectivity index (χ3v) is 4.13. The van der Waals surface area contributed by atoms with Crippen molar-refractivity contribution in [2.45, 2.75) is 11.8 Å². The summed E-state index contributed by atoms with van der Waals surface area (Å²) in [6.45, 7) is 5.66. The smallest absolute Gasteiger partial charge is 0.352 e. The lowest BCUT2D eigenvalue weighted by Gasteiger charge is -2.17. The van der Waals surface area contributed by atoms with Crippen LogP contribution in [0, 0.1) is 0 Å². The number of H-pyrrole nitrogens is 1. The molecule has 0 atom stereocenters. The summed E-state index contributed by atoms with van der Waals surface area (Å²) in [4.78, 5) is 13.0. The summed E-state index contributed by atoms with van der Waals surface area (Å²) in [6, 6.07) is 1.10. The number of aromatic nitrogens is 1. The number of sulfonamides is 1. The largest absolute Gasteiger partial charge is 0.477 e. The van der Waals surface area contributed by atoms with Gasteiger partial charge < -0.3 is 10.1 Å². The molecule has 0 aromatic carbocycles. The fourth-order valence-corrected chi connectivity index (χ4v) is 2.75. The van der Waals surface area contributed by atoms with Crippen LogP contribution in [0.3, 0.4) is 0 Å². The van der Waals surface area contributed by atoms with Gasteiger partial charge in [-0.05, 0) is 6.07 Å². The normalized spacial score (nSPS) is 11.6. The number of aromatic amines is 1. The predicted molar refractivity (Wildman–Crippen MR) is 62.4 cm³/mol. The molecule has 1 aromatic heterocycles. The molecule has 2 N–H and O–H groups in total. The average molecular weight is 258 g/mol. The van der Waals surface area contributed by atoms with Gasteiger partial charge in [0, 0.05) is 19.3 Å². The molecular formula is C10H14N2O4S. The second-order valence-electron chi connectivity index (χ2n) is 3.30. The van der Waals surface area contributed by atoms with Crippen LogP contribution in [0.2, 0.25) is 0 Å². The highest BCUT2D eigenvalue weighted by Gasteiger charge is 2.24. The Labute approximate surface area is 99.6 Å². The zero-order valence-electron chi connectivity index (χ0n) is 9.38. The standard InChI is InChI=1S/C10H14N2O4S/c1-3-5-12(4-2)17(15,16)8-6-9(10(13)14)11-7-8/h3,6-7,11H,1,4-5H2,2H3,(H,13,14). The lowest BCUT2D eigenvalue weighted by Crippen LogP contribution is -2.30. The predicted octanol–water partition coefficient (Wildman–Crippen LogP) is 0.909. The third kappa shape index (κ3) is 2.75. The van der Waals surface area contributed by atoms with E-state index in [0.29, 0.717) is 6.54 Å². The van der Waals surface area contributed by atoms with Gasteiger partial charge in [0.1, 0.15) is 10.6 Å². The van der Waals surface area contributed by atoms with Crippen molar-refractivity contribution in [1.29, 1.82) is 0 Å². The van der Waals surface area contributed by atoms with Crippen molar-refractivity contribution >= 4 is 16.0 Å². The van der Waals surface area contributed by atoms with Crippen LogP contribution in [0.5, 0.6) is 0 Å². The van der Waals surface area contributed by atoms with E-state index in [1.165, 1.54) is 16.6 Å².